The summed E-state index contributed by atoms with van der Waals surface area (Å²) in [5.74, 6) is 1.06. The van der Waals surface area contributed by atoms with Gasteiger partial charge in [-0.2, -0.15) is 0 Å². The molecule has 2 amide bonds. The maximum Gasteiger partial charge on any atom is 0.245 e. The summed E-state index contributed by atoms with van der Waals surface area (Å²) in [4.78, 5) is 23.6. The molecule has 1 atom stereocenters. The number of carbonyl (C=O) groups excluding carboxylic acids is 2. The molecule has 0 radical (unpaired) electrons. The summed E-state index contributed by atoms with van der Waals surface area (Å²) in [7, 11) is 0. The molecule has 1 unspecified atom stereocenters. The predicted octanol–water partition coefficient (Wildman–Crippen LogP) is 1.86. The normalized spacial score (nSPS) is 16.9. The Morgan fingerprint density at radius 1 is 1.45 bits per heavy atom. The van der Waals surface area contributed by atoms with Crippen LogP contribution in [0.25, 0.3) is 0 Å². The van der Waals surface area contributed by atoms with E-state index in [4.69, 9.17) is 4.52 Å². The molecule has 1 heterocycles. The molecule has 0 saturated heterocycles. The standard InChI is InChI=1S/C14H21N3O3/c1-9-7-12(17-20-9)16-13(18)8-15-14(19)10(2)11-5-3-4-6-11/h7,10-11H,3-6,8H2,1-2H3,(H,15,19)(H,16,17,18). The van der Waals surface area contributed by atoms with Crippen LogP contribution in [0.5, 0.6) is 0 Å². The van der Waals surface area contributed by atoms with Gasteiger partial charge in [-0.3, -0.25) is 9.59 Å². The lowest BCUT2D eigenvalue weighted by Gasteiger charge is -2.17. The Morgan fingerprint density at radius 2 is 2.15 bits per heavy atom. The van der Waals surface area contributed by atoms with Gasteiger partial charge in [0.2, 0.25) is 11.8 Å². The second kappa shape index (κ2) is 6.54. The van der Waals surface area contributed by atoms with Gasteiger partial charge in [-0.1, -0.05) is 24.9 Å². The average Bonchev–Trinajstić information content (AvgIpc) is 3.07. The Hall–Kier alpha value is -1.85. The Morgan fingerprint density at radius 3 is 2.75 bits per heavy atom. The largest absolute Gasteiger partial charge is 0.360 e. The van der Waals surface area contributed by atoms with Crippen LogP contribution in [0.15, 0.2) is 10.6 Å². The minimum Gasteiger partial charge on any atom is -0.360 e. The molecule has 0 bridgehead atoms. The molecule has 6 heteroatoms. The molecule has 0 aliphatic heterocycles. The molecule has 1 aromatic rings. The van der Waals surface area contributed by atoms with Crippen molar-refractivity contribution >= 4 is 17.6 Å². The van der Waals surface area contributed by atoms with Crippen LogP contribution in [0.2, 0.25) is 0 Å². The molecule has 1 aromatic heterocycles. The highest BCUT2D eigenvalue weighted by molar-refractivity contribution is 5.94. The number of hydrogen-bond donors (Lipinski definition) is 2. The van der Waals surface area contributed by atoms with Gasteiger partial charge in [-0.05, 0) is 25.7 Å². The minimum absolute atomic E-state index is 0.0282. The quantitative estimate of drug-likeness (QED) is 0.861. The van der Waals surface area contributed by atoms with Crippen molar-refractivity contribution in [1.29, 1.82) is 0 Å². The fourth-order valence-corrected chi connectivity index (χ4v) is 2.61. The number of aryl methyl sites for hydroxylation is 1. The van der Waals surface area contributed by atoms with Crippen molar-refractivity contribution in [2.75, 3.05) is 11.9 Å². The molecule has 0 spiro atoms. The summed E-state index contributed by atoms with van der Waals surface area (Å²) in [5, 5.41) is 8.91. The van der Waals surface area contributed by atoms with Crippen LogP contribution in [0, 0.1) is 18.8 Å². The van der Waals surface area contributed by atoms with E-state index in [-0.39, 0.29) is 24.3 Å². The van der Waals surface area contributed by atoms with E-state index < -0.39 is 0 Å². The van der Waals surface area contributed by atoms with E-state index in [0.717, 1.165) is 12.8 Å². The lowest BCUT2D eigenvalue weighted by Crippen LogP contribution is -2.38. The lowest BCUT2D eigenvalue weighted by molar-refractivity contribution is -0.128. The molecule has 0 aromatic carbocycles. The van der Waals surface area contributed by atoms with Crippen LogP contribution >= 0.6 is 0 Å². The zero-order valence-corrected chi connectivity index (χ0v) is 11.9. The van der Waals surface area contributed by atoms with Crippen molar-refractivity contribution in [3.05, 3.63) is 11.8 Å². The number of hydrogen-bond acceptors (Lipinski definition) is 4. The first-order valence-corrected chi connectivity index (χ1v) is 7.07. The van der Waals surface area contributed by atoms with Gasteiger partial charge in [-0.25, -0.2) is 0 Å². The van der Waals surface area contributed by atoms with Crippen molar-refractivity contribution in [2.45, 2.75) is 39.5 Å². The molecule has 2 rings (SSSR count). The van der Waals surface area contributed by atoms with Gasteiger partial charge in [0.05, 0.1) is 6.54 Å². The van der Waals surface area contributed by atoms with Gasteiger partial charge in [0, 0.05) is 12.0 Å². The van der Waals surface area contributed by atoms with Crippen LogP contribution in [0.1, 0.15) is 38.4 Å². The number of aromatic nitrogens is 1. The van der Waals surface area contributed by atoms with Crippen molar-refractivity contribution in [3.63, 3.8) is 0 Å². The first-order valence-electron chi connectivity index (χ1n) is 7.07. The van der Waals surface area contributed by atoms with Crippen LogP contribution in [-0.4, -0.2) is 23.5 Å². The fraction of sp³-hybridized carbons (Fsp3) is 0.643. The topological polar surface area (TPSA) is 84.2 Å². The molecule has 1 fully saturated rings. The lowest BCUT2D eigenvalue weighted by atomic mass is 9.92. The maximum atomic E-state index is 12.0. The third-order valence-corrected chi connectivity index (χ3v) is 3.84. The van der Waals surface area contributed by atoms with Crippen LogP contribution in [0.3, 0.4) is 0 Å². The number of nitrogens with zero attached hydrogens (tertiary/aromatic N) is 1. The highest BCUT2D eigenvalue weighted by Gasteiger charge is 2.26. The van der Waals surface area contributed by atoms with E-state index >= 15 is 0 Å². The van der Waals surface area contributed by atoms with Gasteiger partial charge in [0.25, 0.3) is 0 Å². The molecular weight excluding hydrogens is 258 g/mol. The zero-order valence-electron chi connectivity index (χ0n) is 11.9. The number of carbonyl (C=O) groups is 2. The van der Waals surface area contributed by atoms with Gasteiger partial charge in [0.1, 0.15) is 5.76 Å². The van der Waals surface area contributed by atoms with Crippen LogP contribution < -0.4 is 10.6 Å². The monoisotopic (exact) mass is 279 g/mol. The zero-order chi connectivity index (χ0) is 14.5. The molecule has 1 saturated carbocycles. The van der Waals surface area contributed by atoms with Crippen LogP contribution in [0.4, 0.5) is 5.82 Å². The third-order valence-electron chi connectivity index (χ3n) is 3.84. The SMILES string of the molecule is Cc1cc(NC(=O)CNC(=O)C(C)C2CCCC2)no1. The van der Waals surface area contributed by atoms with E-state index in [2.05, 4.69) is 15.8 Å². The molecule has 1 aliphatic carbocycles. The Balaban J connectivity index is 1.73. The van der Waals surface area contributed by atoms with Crippen molar-refractivity contribution in [2.24, 2.45) is 11.8 Å². The minimum atomic E-state index is -0.301. The number of nitrogens with one attached hydrogen (secondary N) is 2. The number of anilines is 1. The van der Waals surface area contributed by atoms with Gasteiger partial charge < -0.3 is 15.2 Å². The van der Waals surface area contributed by atoms with E-state index in [1.165, 1.54) is 12.8 Å². The first-order chi connectivity index (χ1) is 9.56. The molecule has 20 heavy (non-hydrogen) atoms. The Kier molecular flexibility index (Phi) is 4.76. The number of rotatable bonds is 5. The van der Waals surface area contributed by atoms with Crippen LogP contribution in [-0.2, 0) is 9.59 Å². The second-order valence-electron chi connectivity index (χ2n) is 5.42. The molecular formula is C14H21N3O3. The van der Waals surface area contributed by atoms with E-state index in [1.807, 2.05) is 6.92 Å². The highest BCUT2D eigenvalue weighted by Crippen LogP contribution is 2.31. The van der Waals surface area contributed by atoms with Gasteiger partial charge in [0.15, 0.2) is 5.82 Å². The Bertz CT molecular complexity index is 478. The summed E-state index contributed by atoms with van der Waals surface area (Å²) in [5.41, 5.74) is 0. The first kappa shape index (κ1) is 14.6. The van der Waals surface area contributed by atoms with Crippen molar-refractivity contribution < 1.29 is 14.1 Å². The second-order valence-corrected chi connectivity index (χ2v) is 5.42. The summed E-state index contributed by atoms with van der Waals surface area (Å²) in [6.45, 7) is 3.64. The van der Waals surface area contributed by atoms with Crippen molar-refractivity contribution in [3.8, 4) is 0 Å². The summed E-state index contributed by atoms with van der Waals surface area (Å²) in [6.07, 6.45) is 4.63. The van der Waals surface area contributed by atoms with E-state index in [9.17, 15) is 9.59 Å². The highest BCUT2D eigenvalue weighted by atomic mass is 16.5. The van der Waals surface area contributed by atoms with Crippen molar-refractivity contribution in [1.82, 2.24) is 10.5 Å². The summed E-state index contributed by atoms with van der Waals surface area (Å²) in [6, 6.07) is 1.63. The Labute approximate surface area is 118 Å². The fourth-order valence-electron chi connectivity index (χ4n) is 2.61. The third kappa shape index (κ3) is 3.82. The summed E-state index contributed by atoms with van der Waals surface area (Å²) >= 11 is 0. The number of amides is 2. The van der Waals surface area contributed by atoms with E-state index in [0.29, 0.717) is 17.5 Å². The summed E-state index contributed by atoms with van der Waals surface area (Å²) < 4.78 is 4.84. The van der Waals surface area contributed by atoms with E-state index in [1.54, 1.807) is 13.0 Å². The molecule has 6 nitrogen and oxygen atoms in total. The van der Waals surface area contributed by atoms with Gasteiger partial charge >= 0.3 is 0 Å². The maximum absolute atomic E-state index is 12.0. The van der Waals surface area contributed by atoms with Gasteiger partial charge in [-0.15, -0.1) is 0 Å². The molecule has 1 aliphatic rings. The average molecular weight is 279 g/mol. The molecule has 2 N–H and O–H groups in total. The molecule has 110 valence electrons. The predicted molar refractivity (Wildman–Crippen MR) is 74.0 cm³/mol. The smallest absolute Gasteiger partial charge is 0.245 e.